The van der Waals surface area contributed by atoms with Gasteiger partial charge >= 0.3 is 0 Å². The second-order valence-corrected chi connectivity index (χ2v) is 19.9. The summed E-state index contributed by atoms with van der Waals surface area (Å²) in [4.78, 5) is 66.5. The molecule has 4 aromatic carbocycles. The van der Waals surface area contributed by atoms with E-state index in [4.69, 9.17) is 9.72 Å². The highest BCUT2D eigenvalue weighted by atomic mass is 32.1. The lowest BCUT2D eigenvalue weighted by molar-refractivity contribution is -0.134. The summed E-state index contributed by atoms with van der Waals surface area (Å²) in [6.07, 6.45) is 3.16. The number of nitrogens with zero attached hydrogens (tertiary/aromatic N) is 7. The van der Waals surface area contributed by atoms with Gasteiger partial charge in [0.05, 0.1) is 40.4 Å². The molecule has 3 atom stereocenters. The van der Waals surface area contributed by atoms with E-state index in [2.05, 4.69) is 37.0 Å². The average molecular weight is 981 g/mol. The molecule has 0 saturated carbocycles. The number of benzene rings is 4. The number of carbonyl (C=O) groups is 4. The Balaban J connectivity index is 0.720. The normalized spacial score (nSPS) is 18.9. The molecule has 6 heterocycles. The fourth-order valence-electron chi connectivity index (χ4n) is 10.3. The fourth-order valence-corrected chi connectivity index (χ4v) is 11.2. The molecule has 1 unspecified atom stereocenters. The average Bonchev–Trinajstić information content (AvgIpc) is 3.91. The number of halogens is 2. The van der Waals surface area contributed by atoms with Gasteiger partial charge in [-0.3, -0.25) is 44.3 Å². The number of piperazine rings is 1. The Hall–Kier alpha value is -7.15. The maximum Gasteiger partial charge on any atom is 0.293 e. The molecule has 0 bridgehead atoms. The van der Waals surface area contributed by atoms with Crippen molar-refractivity contribution in [1.82, 2.24) is 34.9 Å². The van der Waals surface area contributed by atoms with E-state index in [1.165, 1.54) is 11.3 Å². The Kier molecular flexibility index (Phi) is 13.1. The van der Waals surface area contributed by atoms with Crippen molar-refractivity contribution in [1.29, 1.82) is 0 Å². The SMILES string of the molecule is Cc1c(OCC(F)(F)CN2C[C@@H](C)N(CC(=O)Nc3ccc4c(C5CCC(=O)NC5=O)nn(C)c4c3)[C@@H](C)C2)cccc1-c1ccc(N2CCc3cccc(C(=O)Nc4nc5ccccc5s4)c3C2)nc1. The van der Waals surface area contributed by atoms with Gasteiger partial charge in [0.15, 0.2) is 11.7 Å². The summed E-state index contributed by atoms with van der Waals surface area (Å²) in [5.41, 5.74) is 7.78. The van der Waals surface area contributed by atoms with Crippen LogP contribution in [-0.4, -0.2) is 111 Å². The molecule has 0 spiro atoms. The largest absolute Gasteiger partial charge is 0.487 e. The van der Waals surface area contributed by atoms with Crippen molar-refractivity contribution in [3.8, 4) is 16.9 Å². The Labute approximate surface area is 413 Å². The van der Waals surface area contributed by atoms with Gasteiger partial charge < -0.3 is 15.0 Å². The lowest BCUT2D eigenvalue weighted by Crippen LogP contribution is -2.60. The van der Waals surface area contributed by atoms with Crippen LogP contribution in [0.1, 0.15) is 65.3 Å². The molecule has 3 aliphatic rings. The van der Waals surface area contributed by atoms with Crippen LogP contribution in [0.3, 0.4) is 0 Å². The Morgan fingerprint density at radius 2 is 1.75 bits per heavy atom. The van der Waals surface area contributed by atoms with E-state index in [-0.39, 0.29) is 48.7 Å². The molecule has 71 heavy (non-hydrogen) atoms. The van der Waals surface area contributed by atoms with E-state index in [0.717, 1.165) is 67.7 Å². The third-order valence-electron chi connectivity index (χ3n) is 13.8. The van der Waals surface area contributed by atoms with Gasteiger partial charge in [0.1, 0.15) is 11.6 Å². The maximum absolute atomic E-state index is 15.7. The number of nitrogens with one attached hydrogen (secondary N) is 3. The Morgan fingerprint density at radius 3 is 2.52 bits per heavy atom. The predicted molar refractivity (Wildman–Crippen MR) is 270 cm³/mol. The predicted octanol–water partition coefficient (Wildman–Crippen LogP) is 7.94. The van der Waals surface area contributed by atoms with Crippen molar-refractivity contribution in [2.45, 2.75) is 70.5 Å². The van der Waals surface area contributed by atoms with Crippen LogP contribution in [0.4, 0.5) is 25.4 Å². The number of aromatic nitrogens is 4. The highest BCUT2D eigenvalue weighted by Gasteiger charge is 2.39. The number of ether oxygens (including phenoxy) is 1. The quantitative estimate of drug-likeness (QED) is 0.0961. The van der Waals surface area contributed by atoms with Gasteiger partial charge in [-0.15, -0.1) is 0 Å². The van der Waals surface area contributed by atoms with Crippen molar-refractivity contribution in [2.75, 3.05) is 54.9 Å². The molecule has 2 saturated heterocycles. The number of amides is 4. The van der Waals surface area contributed by atoms with E-state index >= 15 is 8.78 Å². The molecule has 0 radical (unpaired) electrons. The molecule has 7 aromatic rings. The van der Waals surface area contributed by atoms with Gasteiger partial charge in [-0.05, 0) is 110 Å². The molecule has 4 amide bonds. The summed E-state index contributed by atoms with van der Waals surface area (Å²) >= 11 is 1.44. The van der Waals surface area contributed by atoms with Gasteiger partial charge in [0.25, 0.3) is 11.8 Å². The van der Waals surface area contributed by atoms with Crippen molar-refractivity contribution < 1.29 is 32.7 Å². The Bertz CT molecular complexity index is 3150. The van der Waals surface area contributed by atoms with Crippen molar-refractivity contribution >= 4 is 72.7 Å². The summed E-state index contributed by atoms with van der Waals surface area (Å²) in [5.74, 6) is -3.65. The summed E-state index contributed by atoms with van der Waals surface area (Å²) in [5, 5.41) is 14.3. The van der Waals surface area contributed by atoms with Crippen LogP contribution < -0.4 is 25.6 Å². The lowest BCUT2D eigenvalue weighted by atomic mass is 9.93. The van der Waals surface area contributed by atoms with Crippen LogP contribution in [0, 0.1) is 6.92 Å². The number of carbonyl (C=O) groups excluding carboxylic acids is 4. The van der Waals surface area contributed by atoms with Crippen LogP contribution in [0.25, 0.3) is 32.2 Å². The minimum Gasteiger partial charge on any atom is -0.487 e. The minimum atomic E-state index is -3.16. The number of imide groups is 1. The third kappa shape index (κ3) is 10.1. The number of pyridine rings is 1. The molecule has 2 fully saturated rings. The summed E-state index contributed by atoms with van der Waals surface area (Å²) < 4.78 is 40.0. The highest BCUT2D eigenvalue weighted by Crippen LogP contribution is 2.35. The number of rotatable bonds is 13. The maximum atomic E-state index is 15.7. The molecule has 15 nitrogen and oxygen atoms in total. The van der Waals surface area contributed by atoms with E-state index in [0.29, 0.717) is 53.9 Å². The van der Waals surface area contributed by atoms with Crippen molar-refractivity contribution in [3.05, 3.63) is 125 Å². The van der Waals surface area contributed by atoms with Crippen LogP contribution in [0.2, 0.25) is 0 Å². The van der Waals surface area contributed by atoms with Crippen LogP contribution >= 0.6 is 11.3 Å². The second kappa shape index (κ2) is 19.6. The standard InChI is InChI=1S/C53H54F2N10O5S/c1-31-25-63(26-32(2)65(31)28-48(67)57-36-16-17-39-43(23-36)62(4)61-49(39)40-18-20-47(66)59-51(40)69)29-53(54,55)30-70-44-13-8-10-37(33(44)3)35-15-19-46(56-24-35)64-22-21-34-9-7-11-38(41(34)27-64)50(68)60-52-58-42-12-5-6-14-45(42)71-52/h5-17,19,23-24,31-32,40H,18,20-22,25-30H2,1-4H3,(H,57,67)(H,58,60,68)(H,59,66,69)/t31-,32+,40?. The van der Waals surface area contributed by atoms with Crippen LogP contribution in [0.5, 0.6) is 5.75 Å². The first-order chi connectivity index (χ1) is 34.2. The zero-order valence-corrected chi connectivity index (χ0v) is 40.7. The number of fused-ring (bicyclic) bond motifs is 3. The Morgan fingerprint density at radius 1 is 0.944 bits per heavy atom. The van der Waals surface area contributed by atoms with Gasteiger partial charge in [-0.1, -0.05) is 47.7 Å². The van der Waals surface area contributed by atoms with Crippen molar-refractivity contribution in [3.63, 3.8) is 0 Å². The number of alkyl halides is 2. The zero-order chi connectivity index (χ0) is 49.6. The van der Waals surface area contributed by atoms with Crippen molar-refractivity contribution in [2.24, 2.45) is 7.05 Å². The molecule has 0 aliphatic carbocycles. The fraction of sp³-hybridized carbons (Fsp3) is 0.340. The van der Waals surface area contributed by atoms with Crippen LogP contribution in [0.15, 0.2) is 97.2 Å². The van der Waals surface area contributed by atoms with Gasteiger partial charge in [-0.2, -0.15) is 5.10 Å². The first kappa shape index (κ1) is 47.5. The van der Waals surface area contributed by atoms with Gasteiger partial charge in [0.2, 0.25) is 17.7 Å². The number of piperidine rings is 1. The monoisotopic (exact) mass is 980 g/mol. The number of anilines is 3. The smallest absolute Gasteiger partial charge is 0.293 e. The number of aryl methyl sites for hydroxylation is 1. The second-order valence-electron chi connectivity index (χ2n) is 18.9. The molecule has 10 rings (SSSR count). The number of thiazole rings is 1. The van der Waals surface area contributed by atoms with Gasteiger partial charge in [-0.25, -0.2) is 18.7 Å². The molecule has 3 N–H and O–H groups in total. The third-order valence-corrected chi connectivity index (χ3v) is 14.8. The number of para-hydroxylation sites is 1. The van der Waals surface area contributed by atoms with E-state index in [1.807, 2.05) is 86.3 Å². The molecular formula is C53H54F2N10O5S. The molecule has 3 aliphatic heterocycles. The molecular weight excluding hydrogens is 927 g/mol. The van der Waals surface area contributed by atoms with E-state index < -0.39 is 25.0 Å². The summed E-state index contributed by atoms with van der Waals surface area (Å²) in [6.45, 7) is 6.46. The summed E-state index contributed by atoms with van der Waals surface area (Å²) in [7, 11) is 1.77. The topological polar surface area (TPSA) is 167 Å². The summed E-state index contributed by atoms with van der Waals surface area (Å²) in [6, 6.07) is 28.0. The first-order valence-corrected chi connectivity index (χ1v) is 24.7. The molecule has 18 heteroatoms. The van der Waals surface area contributed by atoms with E-state index in [1.54, 1.807) is 47.1 Å². The van der Waals surface area contributed by atoms with E-state index in [9.17, 15) is 19.2 Å². The molecule has 3 aromatic heterocycles. The van der Waals surface area contributed by atoms with Crippen LogP contribution in [-0.2, 0) is 34.4 Å². The lowest BCUT2D eigenvalue weighted by Gasteiger charge is -2.44. The molecule has 366 valence electrons. The number of hydrogen-bond donors (Lipinski definition) is 3. The van der Waals surface area contributed by atoms with Gasteiger partial charge in [0, 0.05) is 80.1 Å². The highest BCUT2D eigenvalue weighted by molar-refractivity contribution is 7.22. The minimum absolute atomic E-state index is 0.0786. The number of hydrogen-bond acceptors (Lipinski definition) is 12. The zero-order valence-electron chi connectivity index (χ0n) is 39.9. The first-order valence-electron chi connectivity index (χ1n) is 23.8.